The van der Waals surface area contributed by atoms with Gasteiger partial charge in [0.2, 0.25) is 0 Å². The molecule has 0 unspecified atom stereocenters. The molecular weight excluding hydrogens is 366 g/mol. The molecule has 2 aliphatic heterocycles. The Balaban J connectivity index is 1.59. The van der Waals surface area contributed by atoms with Crippen molar-refractivity contribution < 1.29 is 19.0 Å². The summed E-state index contributed by atoms with van der Waals surface area (Å²) in [6.45, 7) is 2.31. The third-order valence-corrected chi connectivity index (χ3v) is 6.34. The molecule has 2 N–H and O–H groups in total. The van der Waals surface area contributed by atoms with Gasteiger partial charge in [0.05, 0.1) is 26.4 Å². The SMILES string of the molecule is COc1cc2c(cc1OC)C1(CCN(c3nc(C(N)=O)cs3)CC1)OCC2. The monoisotopic (exact) mass is 389 g/mol. The molecule has 1 fully saturated rings. The number of rotatable bonds is 4. The van der Waals surface area contributed by atoms with Crippen molar-refractivity contribution in [1.29, 1.82) is 0 Å². The van der Waals surface area contributed by atoms with E-state index in [0.717, 1.165) is 49.0 Å². The van der Waals surface area contributed by atoms with Crippen molar-refractivity contribution in [1.82, 2.24) is 4.98 Å². The lowest BCUT2D eigenvalue weighted by atomic mass is 9.79. The molecular formula is C19H23N3O4S. The van der Waals surface area contributed by atoms with Gasteiger partial charge in [0.1, 0.15) is 5.69 Å². The van der Waals surface area contributed by atoms with Crippen LogP contribution >= 0.6 is 11.3 Å². The van der Waals surface area contributed by atoms with Crippen molar-refractivity contribution in [2.75, 3.05) is 38.8 Å². The predicted octanol–water partition coefficient (Wildman–Crippen LogP) is 2.33. The third-order valence-electron chi connectivity index (χ3n) is 5.44. The Kier molecular flexibility index (Phi) is 4.69. The Hall–Kier alpha value is -2.32. The van der Waals surface area contributed by atoms with E-state index in [9.17, 15) is 4.79 Å². The fourth-order valence-electron chi connectivity index (χ4n) is 3.98. The van der Waals surface area contributed by atoms with Gasteiger partial charge in [0, 0.05) is 18.5 Å². The van der Waals surface area contributed by atoms with E-state index in [2.05, 4.69) is 22.0 Å². The number of amides is 1. The quantitative estimate of drug-likeness (QED) is 0.864. The number of hydrogen-bond donors (Lipinski definition) is 1. The van der Waals surface area contributed by atoms with Gasteiger partial charge in [0.15, 0.2) is 16.6 Å². The average molecular weight is 389 g/mol. The second kappa shape index (κ2) is 7.01. The van der Waals surface area contributed by atoms with E-state index in [4.69, 9.17) is 19.9 Å². The molecule has 8 heteroatoms. The molecule has 1 saturated heterocycles. The van der Waals surface area contributed by atoms with Gasteiger partial charge < -0.3 is 24.8 Å². The zero-order valence-electron chi connectivity index (χ0n) is 15.5. The first-order chi connectivity index (χ1) is 13.1. The Labute approximate surface area is 162 Å². The number of carbonyl (C=O) groups is 1. The predicted molar refractivity (Wildman–Crippen MR) is 103 cm³/mol. The number of piperidine rings is 1. The number of ether oxygens (including phenoxy) is 3. The maximum atomic E-state index is 11.3. The van der Waals surface area contributed by atoms with Crippen molar-refractivity contribution in [3.05, 3.63) is 34.3 Å². The molecule has 7 nitrogen and oxygen atoms in total. The van der Waals surface area contributed by atoms with Gasteiger partial charge in [-0.25, -0.2) is 4.98 Å². The van der Waals surface area contributed by atoms with Crippen LogP contribution in [0.3, 0.4) is 0 Å². The fraction of sp³-hybridized carbons (Fsp3) is 0.474. The number of aromatic nitrogens is 1. The summed E-state index contributed by atoms with van der Waals surface area (Å²) < 4.78 is 17.3. The highest BCUT2D eigenvalue weighted by Gasteiger charge is 2.42. The lowest BCUT2D eigenvalue weighted by Gasteiger charge is -2.45. The van der Waals surface area contributed by atoms with Crippen LogP contribution in [0.15, 0.2) is 17.5 Å². The largest absolute Gasteiger partial charge is 0.493 e. The average Bonchev–Trinajstić information content (AvgIpc) is 3.18. The number of nitrogens with two attached hydrogens (primary N) is 1. The Bertz CT molecular complexity index is 859. The number of benzene rings is 1. The molecule has 3 heterocycles. The maximum Gasteiger partial charge on any atom is 0.268 e. The molecule has 1 aromatic carbocycles. The van der Waals surface area contributed by atoms with Crippen LogP contribution < -0.4 is 20.1 Å². The number of methoxy groups -OCH3 is 2. The van der Waals surface area contributed by atoms with Crippen molar-refractivity contribution in [2.24, 2.45) is 5.73 Å². The van der Waals surface area contributed by atoms with Gasteiger partial charge in [-0.15, -0.1) is 11.3 Å². The highest BCUT2D eigenvalue weighted by Crippen LogP contribution is 2.45. The molecule has 0 saturated carbocycles. The summed E-state index contributed by atoms with van der Waals surface area (Å²) in [4.78, 5) is 17.8. The number of thiazole rings is 1. The van der Waals surface area contributed by atoms with Crippen molar-refractivity contribution in [2.45, 2.75) is 24.9 Å². The van der Waals surface area contributed by atoms with Crippen molar-refractivity contribution in [3.8, 4) is 11.5 Å². The van der Waals surface area contributed by atoms with Crippen molar-refractivity contribution in [3.63, 3.8) is 0 Å². The topological polar surface area (TPSA) is 86.9 Å². The molecule has 2 aromatic rings. The smallest absolute Gasteiger partial charge is 0.268 e. The van der Waals surface area contributed by atoms with Gasteiger partial charge in [-0.3, -0.25) is 4.79 Å². The summed E-state index contributed by atoms with van der Waals surface area (Å²) in [5.41, 5.74) is 7.79. The van der Waals surface area contributed by atoms with Crippen LogP contribution in [-0.2, 0) is 16.8 Å². The van der Waals surface area contributed by atoms with E-state index in [1.165, 1.54) is 22.5 Å². The van der Waals surface area contributed by atoms with Gasteiger partial charge in [-0.05, 0) is 42.5 Å². The highest BCUT2D eigenvalue weighted by atomic mass is 32.1. The summed E-state index contributed by atoms with van der Waals surface area (Å²) in [5.74, 6) is 0.999. The number of fused-ring (bicyclic) bond motifs is 2. The lowest BCUT2D eigenvalue weighted by Crippen LogP contribution is -2.46. The molecule has 0 aliphatic carbocycles. The fourth-order valence-corrected chi connectivity index (χ4v) is 4.85. The minimum Gasteiger partial charge on any atom is -0.493 e. The van der Waals surface area contributed by atoms with Gasteiger partial charge in [0.25, 0.3) is 5.91 Å². The second-order valence-corrected chi connectivity index (χ2v) is 7.66. The van der Waals surface area contributed by atoms with Crippen LogP contribution in [0.2, 0.25) is 0 Å². The Morgan fingerprint density at radius 1 is 1.26 bits per heavy atom. The standard InChI is InChI=1S/C19H23N3O4S/c1-24-15-9-12-3-8-26-19(13(12)10-16(15)25-2)4-6-22(7-5-19)18-21-14(11-27-18)17(20)23/h9-11H,3-8H2,1-2H3,(H2,20,23). The summed E-state index contributed by atoms with van der Waals surface area (Å²) >= 11 is 1.45. The van der Waals surface area contributed by atoms with E-state index in [1.54, 1.807) is 19.6 Å². The van der Waals surface area contributed by atoms with Crippen LogP contribution in [0, 0.1) is 0 Å². The molecule has 0 radical (unpaired) electrons. The molecule has 2 aliphatic rings. The van der Waals surface area contributed by atoms with Crippen LogP contribution in [0.25, 0.3) is 0 Å². The summed E-state index contributed by atoms with van der Waals surface area (Å²) in [6, 6.07) is 4.14. The van der Waals surface area contributed by atoms with Gasteiger partial charge >= 0.3 is 0 Å². The van der Waals surface area contributed by atoms with Crippen LogP contribution in [0.5, 0.6) is 11.5 Å². The summed E-state index contributed by atoms with van der Waals surface area (Å²) in [5, 5.41) is 2.55. The van der Waals surface area contributed by atoms with E-state index < -0.39 is 5.91 Å². The molecule has 0 atom stereocenters. The number of carbonyl (C=O) groups excluding carboxylic acids is 1. The lowest BCUT2D eigenvalue weighted by molar-refractivity contribution is -0.0768. The first-order valence-corrected chi connectivity index (χ1v) is 9.84. The van der Waals surface area contributed by atoms with Crippen LogP contribution in [-0.4, -0.2) is 44.8 Å². The molecule has 4 rings (SSSR count). The first-order valence-electron chi connectivity index (χ1n) is 8.96. The van der Waals surface area contributed by atoms with Gasteiger partial charge in [-0.2, -0.15) is 0 Å². The minimum absolute atomic E-state index is 0.312. The summed E-state index contributed by atoms with van der Waals surface area (Å²) in [6.07, 6.45) is 2.57. The highest BCUT2D eigenvalue weighted by molar-refractivity contribution is 7.13. The van der Waals surface area contributed by atoms with E-state index in [-0.39, 0.29) is 5.60 Å². The minimum atomic E-state index is -0.489. The van der Waals surface area contributed by atoms with E-state index in [0.29, 0.717) is 12.3 Å². The third kappa shape index (κ3) is 3.12. The van der Waals surface area contributed by atoms with Crippen LogP contribution in [0.4, 0.5) is 5.13 Å². The zero-order valence-corrected chi connectivity index (χ0v) is 16.3. The van der Waals surface area contributed by atoms with Crippen LogP contribution in [0.1, 0.15) is 34.5 Å². The number of hydrogen-bond acceptors (Lipinski definition) is 7. The molecule has 27 heavy (non-hydrogen) atoms. The van der Waals surface area contributed by atoms with Gasteiger partial charge in [-0.1, -0.05) is 0 Å². The normalized spacial score (nSPS) is 18.2. The second-order valence-electron chi connectivity index (χ2n) is 6.82. The number of anilines is 1. The Morgan fingerprint density at radius 2 is 1.96 bits per heavy atom. The molecule has 1 aromatic heterocycles. The molecule has 1 amide bonds. The molecule has 1 spiro atoms. The Morgan fingerprint density at radius 3 is 2.59 bits per heavy atom. The number of primary amides is 1. The first kappa shape index (κ1) is 18.1. The maximum absolute atomic E-state index is 11.3. The molecule has 144 valence electrons. The molecule has 0 bridgehead atoms. The zero-order chi connectivity index (χ0) is 19.0. The summed E-state index contributed by atoms with van der Waals surface area (Å²) in [7, 11) is 3.31. The van der Waals surface area contributed by atoms with Crippen molar-refractivity contribution >= 4 is 22.4 Å². The van der Waals surface area contributed by atoms with E-state index >= 15 is 0 Å². The number of nitrogens with zero attached hydrogens (tertiary/aromatic N) is 2. The van der Waals surface area contributed by atoms with E-state index in [1.807, 2.05) is 0 Å².